The maximum Gasteiger partial charge on any atom is 0.303 e. The first-order valence-corrected chi connectivity index (χ1v) is 9.39. The molecule has 0 unspecified atom stereocenters. The number of hydrogen-bond donors (Lipinski definition) is 3. The van der Waals surface area contributed by atoms with Crippen LogP contribution >= 0.6 is 0 Å². The molecule has 0 spiro atoms. The number of carbonyl (C=O) groups is 2. The smallest absolute Gasteiger partial charge is 0.303 e. The summed E-state index contributed by atoms with van der Waals surface area (Å²) in [6.07, 6.45) is 12.2. The molecule has 25 heavy (non-hydrogen) atoms. The molecule has 0 aromatic heterocycles. The van der Waals surface area contributed by atoms with Crippen molar-refractivity contribution in [3.8, 4) is 0 Å². The summed E-state index contributed by atoms with van der Waals surface area (Å²) in [5, 5.41) is 28.6. The molecular weight excluding hydrogens is 320 g/mol. The Labute approximate surface area is 150 Å². The molecule has 1 saturated carbocycles. The standard InChI is InChI=1S/C20H32O5/c1-2-3-4-5-6-7-10-16-17(19(23)14-18(16)22)13-12-15(21)9-8-11-20(24)25/h6-7,12-13,15-18,21-22H,2-5,8-11,14H2,1H3,(H,24,25)/b7-6-,13-12+/t15-,16+,17-,18-/m1/s1. The molecule has 3 N–H and O–H groups in total. The van der Waals surface area contributed by atoms with E-state index in [0.29, 0.717) is 19.3 Å². The number of aliphatic hydroxyl groups excluding tert-OH is 2. The Morgan fingerprint density at radius 3 is 2.72 bits per heavy atom. The highest BCUT2D eigenvalue weighted by Gasteiger charge is 2.39. The summed E-state index contributed by atoms with van der Waals surface area (Å²) >= 11 is 0. The van der Waals surface area contributed by atoms with Crippen molar-refractivity contribution in [3.63, 3.8) is 0 Å². The van der Waals surface area contributed by atoms with Crippen molar-refractivity contribution in [1.82, 2.24) is 0 Å². The number of hydrogen-bond acceptors (Lipinski definition) is 4. The molecule has 142 valence electrons. The average Bonchev–Trinajstić information content (AvgIpc) is 2.81. The van der Waals surface area contributed by atoms with Crippen molar-refractivity contribution in [2.75, 3.05) is 0 Å². The number of carboxylic acids is 1. The maximum atomic E-state index is 12.1. The molecule has 0 aliphatic heterocycles. The van der Waals surface area contributed by atoms with Crippen LogP contribution in [0.4, 0.5) is 0 Å². The lowest BCUT2D eigenvalue weighted by atomic mass is 9.90. The molecule has 0 aromatic rings. The van der Waals surface area contributed by atoms with Gasteiger partial charge in [0.05, 0.1) is 12.2 Å². The predicted molar refractivity (Wildman–Crippen MR) is 97.1 cm³/mol. The minimum Gasteiger partial charge on any atom is -0.481 e. The van der Waals surface area contributed by atoms with E-state index < -0.39 is 18.2 Å². The monoisotopic (exact) mass is 352 g/mol. The summed E-state index contributed by atoms with van der Waals surface area (Å²) in [6.45, 7) is 2.16. The van der Waals surface area contributed by atoms with Gasteiger partial charge in [0.15, 0.2) is 0 Å². The minimum atomic E-state index is -0.879. The molecule has 5 heteroatoms. The molecule has 0 saturated heterocycles. The summed E-state index contributed by atoms with van der Waals surface area (Å²) in [7, 11) is 0. The Hall–Kier alpha value is -1.46. The van der Waals surface area contributed by atoms with Crippen LogP contribution in [0.2, 0.25) is 0 Å². The molecule has 0 amide bonds. The number of carboxylic acid groups (broad SMARTS) is 1. The van der Waals surface area contributed by atoms with Crippen molar-refractivity contribution in [3.05, 3.63) is 24.3 Å². The number of carbonyl (C=O) groups excluding carboxylic acids is 1. The van der Waals surface area contributed by atoms with Gasteiger partial charge in [-0.1, -0.05) is 44.1 Å². The van der Waals surface area contributed by atoms with Gasteiger partial charge in [-0.3, -0.25) is 9.59 Å². The second-order valence-electron chi connectivity index (χ2n) is 6.87. The third-order valence-electron chi connectivity index (χ3n) is 4.72. The molecule has 0 radical (unpaired) electrons. The van der Waals surface area contributed by atoms with Crippen molar-refractivity contribution in [2.24, 2.45) is 11.8 Å². The summed E-state index contributed by atoms with van der Waals surface area (Å²) in [5.74, 6) is -1.39. The van der Waals surface area contributed by atoms with Crippen LogP contribution in [0.25, 0.3) is 0 Å². The second-order valence-corrected chi connectivity index (χ2v) is 6.87. The lowest BCUT2D eigenvalue weighted by Gasteiger charge is -2.17. The fourth-order valence-corrected chi connectivity index (χ4v) is 3.22. The van der Waals surface area contributed by atoms with Crippen LogP contribution in [0.1, 0.15) is 64.7 Å². The molecule has 0 aromatic carbocycles. The first kappa shape index (κ1) is 21.6. The summed E-state index contributed by atoms with van der Waals surface area (Å²) in [6, 6.07) is 0. The van der Waals surface area contributed by atoms with E-state index in [2.05, 4.69) is 13.0 Å². The van der Waals surface area contributed by atoms with Crippen LogP contribution in [-0.4, -0.2) is 39.3 Å². The minimum absolute atomic E-state index is 0.00543. The molecule has 1 aliphatic carbocycles. The lowest BCUT2D eigenvalue weighted by molar-refractivity contribution is -0.137. The predicted octanol–water partition coefficient (Wildman–Crippen LogP) is 3.25. The van der Waals surface area contributed by atoms with Gasteiger partial charge < -0.3 is 15.3 Å². The van der Waals surface area contributed by atoms with Crippen molar-refractivity contribution < 1.29 is 24.9 Å². The first-order chi connectivity index (χ1) is 12.0. The van der Waals surface area contributed by atoms with E-state index in [9.17, 15) is 19.8 Å². The zero-order valence-electron chi connectivity index (χ0n) is 15.1. The molecule has 1 aliphatic rings. The van der Waals surface area contributed by atoms with Gasteiger partial charge in [0.25, 0.3) is 0 Å². The fraction of sp³-hybridized carbons (Fsp3) is 0.700. The largest absolute Gasteiger partial charge is 0.481 e. The Morgan fingerprint density at radius 2 is 2.04 bits per heavy atom. The third-order valence-corrected chi connectivity index (χ3v) is 4.72. The van der Waals surface area contributed by atoms with Gasteiger partial charge in [-0.2, -0.15) is 0 Å². The summed E-state index contributed by atoms with van der Waals surface area (Å²) < 4.78 is 0. The van der Waals surface area contributed by atoms with Gasteiger partial charge in [0, 0.05) is 24.7 Å². The number of allylic oxidation sites excluding steroid dienone is 3. The molecule has 0 heterocycles. The molecule has 0 bridgehead atoms. The normalized spacial score (nSPS) is 25.2. The number of aliphatic hydroxyl groups is 2. The quantitative estimate of drug-likeness (QED) is 0.370. The molecule has 4 atom stereocenters. The van der Waals surface area contributed by atoms with Gasteiger partial charge in [0.1, 0.15) is 5.78 Å². The first-order valence-electron chi connectivity index (χ1n) is 9.39. The Bertz CT molecular complexity index is 469. The van der Waals surface area contributed by atoms with Gasteiger partial charge in [-0.05, 0) is 32.1 Å². The third kappa shape index (κ3) is 8.45. The van der Waals surface area contributed by atoms with Crippen LogP contribution in [0.5, 0.6) is 0 Å². The average molecular weight is 352 g/mol. The van der Waals surface area contributed by atoms with E-state index in [0.717, 1.165) is 12.8 Å². The molecule has 5 nitrogen and oxygen atoms in total. The highest BCUT2D eigenvalue weighted by molar-refractivity contribution is 5.86. The highest BCUT2D eigenvalue weighted by atomic mass is 16.4. The van der Waals surface area contributed by atoms with E-state index in [4.69, 9.17) is 5.11 Å². The van der Waals surface area contributed by atoms with Crippen LogP contribution in [0.15, 0.2) is 24.3 Å². The fourth-order valence-electron chi connectivity index (χ4n) is 3.22. The van der Waals surface area contributed by atoms with Crippen molar-refractivity contribution in [1.29, 1.82) is 0 Å². The van der Waals surface area contributed by atoms with Gasteiger partial charge in [-0.15, -0.1) is 0 Å². The van der Waals surface area contributed by atoms with Crippen LogP contribution in [0, 0.1) is 11.8 Å². The molecule has 1 rings (SSSR count). The van der Waals surface area contributed by atoms with E-state index >= 15 is 0 Å². The van der Waals surface area contributed by atoms with Crippen LogP contribution < -0.4 is 0 Å². The zero-order chi connectivity index (χ0) is 18.7. The van der Waals surface area contributed by atoms with Gasteiger partial charge >= 0.3 is 5.97 Å². The lowest BCUT2D eigenvalue weighted by Crippen LogP contribution is -2.19. The van der Waals surface area contributed by atoms with Crippen molar-refractivity contribution >= 4 is 11.8 Å². The van der Waals surface area contributed by atoms with Gasteiger partial charge in [-0.25, -0.2) is 0 Å². The Morgan fingerprint density at radius 1 is 1.28 bits per heavy atom. The van der Waals surface area contributed by atoms with E-state index in [1.165, 1.54) is 12.8 Å². The van der Waals surface area contributed by atoms with Crippen LogP contribution in [0.3, 0.4) is 0 Å². The molecular formula is C20H32O5. The van der Waals surface area contributed by atoms with Crippen molar-refractivity contribution in [2.45, 2.75) is 76.9 Å². The van der Waals surface area contributed by atoms with Gasteiger partial charge in [0.2, 0.25) is 0 Å². The SMILES string of the molecule is CCCCC/C=C\C[C@@H]1[C@H](O)CC(=O)[C@@H]1/C=C/[C@H](O)CCCC(=O)O. The van der Waals surface area contributed by atoms with Crippen LogP contribution in [-0.2, 0) is 9.59 Å². The summed E-state index contributed by atoms with van der Waals surface area (Å²) in [4.78, 5) is 22.6. The van der Waals surface area contributed by atoms with E-state index in [-0.39, 0.29) is 30.5 Å². The number of rotatable bonds is 12. The second kappa shape index (κ2) is 12.0. The van der Waals surface area contributed by atoms with E-state index in [1.54, 1.807) is 12.2 Å². The topological polar surface area (TPSA) is 94.8 Å². The number of aliphatic carboxylic acids is 1. The summed E-state index contributed by atoms with van der Waals surface area (Å²) in [5.41, 5.74) is 0. The Balaban J connectivity index is 2.49. The number of ketones is 1. The molecule has 1 fully saturated rings. The van der Waals surface area contributed by atoms with E-state index in [1.807, 2.05) is 6.08 Å². The number of Topliss-reactive ketones (excluding diaryl/α,β-unsaturated/α-hetero) is 1. The highest BCUT2D eigenvalue weighted by Crippen LogP contribution is 2.33. The maximum absolute atomic E-state index is 12.1. The number of unbranched alkanes of at least 4 members (excludes halogenated alkanes) is 3. The Kier molecular flexibility index (Phi) is 10.3. The zero-order valence-corrected chi connectivity index (χ0v) is 15.1.